The summed E-state index contributed by atoms with van der Waals surface area (Å²) in [6, 6.07) is 5.25. The summed E-state index contributed by atoms with van der Waals surface area (Å²) < 4.78 is 40.0. The second-order valence-electron chi connectivity index (χ2n) is 4.80. The van der Waals surface area contributed by atoms with Crippen molar-refractivity contribution >= 4 is 23.0 Å². The third-order valence-electron chi connectivity index (χ3n) is 2.91. The lowest BCUT2D eigenvalue weighted by atomic mass is 10.3. The minimum atomic E-state index is -4.71. The predicted octanol–water partition coefficient (Wildman–Crippen LogP) is 3.57. The van der Waals surface area contributed by atoms with Crippen LogP contribution >= 0.6 is 11.3 Å². The van der Waals surface area contributed by atoms with E-state index in [1.54, 1.807) is 11.3 Å². The van der Waals surface area contributed by atoms with E-state index in [-0.39, 0.29) is 11.7 Å². The van der Waals surface area contributed by atoms with E-state index in [0.29, 0.717) is 18.7 Å². The van der Waals surface area contributed by atoms with Gasteiger partial charge in [-0.2, -0.15) is 0 Å². The lowest BCUT2D eigenvalue weighted by Gasteiger charge is -2.10. The Kier molecular flexibility index (Phi) is 6.02. The van der Waals surface area contributed by atoms with E-state index in [1.165, 1.54) is 24.3 Å². The molecule has 0 aliphatic heterocycles. The van der Waals surface area contributed by atoms with Crippen molar-refractivity contribution in [3.05, 3.63) is 40.3 Å². The monoisotopic (exact) mass is 358 g/mol. The summed E-state index contributed by atoms with van der Waals surface area (Å²) in [5.74, 6) is -0.107. The first-order valence-electron chi connectivity index (χ1n) is 7.22. The van der Waals surface area contributed by atoms with Gasteiger partial charge in [0.1, 0.15) is 5.75 Å². The molecule has 2 aromatic rings. The number of thiazole rings is 1. The van der Waals surface area contributed by atoms with Gasteiger partial charge in [0.05, 0.1) is 10.7 Å². The molecule has 0 aliphatic carbocycles. The van der Waals surface area contributed by atoms with E-state index < -0.39 is 6.36 Å². The van der Waals surface area contributed by atoms with Gasteiger partial charge in [0.2, 0.25) is 0 Å². The molecule has 2 rings (SSSR count). The lowest BCUT2D eigenvalue weighted by Crippen LogP contribution is -2.23. The van der Waals surface area contributed by atoms with Crippen LogP contribution in [0.4, 0.5) is 18.9 Å². The fourth-order valence-corrected chi connectivity index (χ4v) is 2.62. The van der Waals surface area contributed by atoms with Crippen molar-refractivity contribution in [2.75, 3.05) is 11.9 Å². The zero-order valence-electron chi connectivity index (χ0n) is 12.9. The normalized spacial score (nSPS) is 12.2. The standard InChI is InChI=1S/C15H17F3N4OS/c1-2-13-21-11(9-24-13)7-8-20-14(19)22-10-3-5-12(6-4-10)23-15(16,17)18/h3-6,9H,2,7-8H2,1H3,(H3,19,20,22). The van der Waals surface area contributed by atoms with Crippen molar-refractivity contribution in [1.82, 2.24) is 4.98 Å². The Bertz CT molecular complexity index is 683. The highest BCUT2D eigenvalue weighted by atomic mass is 32.1. The Morgan fingerprint density at radius 1 is 1.33 bits per heavy atom. The van der Waals surface area contributed by atoms with Crippen LogP contribution in [0.1, 0.15) is 17.6 Å². The van der Waals surface area contributed by atoms with Gasteiger partial charge in [-0.05, 0) is 30.7 Å². The number of nitrogens with two attached hydrogens (primary N) is 1. The van der Waals surface area contributed by atoms with Gasteiger partial charge in [0, 0.05) is 24.0 Å². The summed E-state index contributed by atoms with van der Waals surface area (Å²) in [6.45, 7) is 2.52. The molecule has 1 aromatic heterocycles. The molecular formula is C15H17F3N4OS. The molecule has 0 saturated carbocycles. The summed E-state index contributed by atoms with van der Waals surface area (Å²) in [7, 11) is 0. The summed E-state index contributed by atoms with van der Waals surface area (Å²) >= 11 is 1.62. The molecule has 3 N–H and O–H groups in total. The Morgan fingerprint density at radius 2 is 2.04 bits per heavy atom. The maximum atomic E-state index is 12.1. The van der Waals surface area contributed by atoms with Gasteiger partial charge in [0.15, 0.2) is 5.96 Å². The van der Waals surface area contributed by atoms with Crippen LogP contribution in [-0.4, -0.2) is 23.9 Å². The Balaban J connectivity index is 1.83. The summed E-state index contributed by atoms with van der Waals surface area (Å²) in [4.78, 5) is 8.60. The number of halogens is 3. The van der Waals surface area contributed by atoms with Crippen LogP contribution in [0.15, 0.2) is 34.6 Å². The van der Waals surface area contributed by atoms with Crippen LogP contribution in [0.25, 0.3) is 0 Å². The van der Waals surface area contributed by atoms with Crippen LogP contribution in [-0.2, 0) is 12.8 Å². The number of hydrogen-bond acceptors (Lipinski definition) is 4. The maximum absolute atomic E-state index is 12.1. The number of rotatable bonds is 6. The highest BCUT2D eigenvalue weighted by Gasteiger charge is 2.30. The molecular weight excluding hydrogens is 341 g/mol. The number of nitrogens with zero attached hydrogens (tertiary/aromatic N) is 2. The van der Waals surface area contributed by atoms with E-state index in [0.717, 1.165) is 17.1 Å². The number of guanidine groups is 1. The molecule has 0 bridgehead atoms. The topological polar surface area (TPSA) is 72.5 Å². The van der Waals surface area contributed by atoms with Crippen molar-refractivity contribution in [3.8, 4) is 5.75 Å². The van der Waals surface area contributed by atoms with Crippen molar-refractivity contribution < 1.29 is 17.9 Å². The minimum absolute atomic E-state index is 0.186. The SMILES string of the molecule is CCc1nc(CCN=C(N)Nc2ccc(OC(F)(F)F)cc2)cs1. The molecule has 0 saturated heterocycles. The molecule has 0 radical (unpaired) electrons. The van der Waals surface area contributed by atoms with Crippen LogP contribution in [0.5, 0.6) is 5.75 Å². The molecule has 0 spiro atoms. The number of benzene rings is 1. The first-order valence-corrected chi connectivity index (χ1v) is 8.09. The van der Waals surface area contributed by atoms with E-state index in [4.69, 9.17) is 5.73 Å². The second kappa shape index (κ2) is 8.00. The number of nitrogens with one attached hydrogen (secondary N) is 1. The molecule has 9 heteroatoms. The third-order valence-corrected chi connectivity index (χ3v) is 3.95. The smallest absolute Gasteiger partial charge is 0.406 e. The zero-order valence-corrected chi connectivity index (χ0v) is 13.7. The van der Waals surface area contributed by atoms with Crippen LogP contribution in [0.2, 0.25) is 0 Å². The molecule has 24 heavy (non-hydrogen) atoms. The predicted molar refractivity (Wildman–Crippen MR) is 88.4 cm³/mol. The highest BCUT2D eigenvalue weighted by Crippen LogP contribution is 2.23. The van der Waals surface area contributed by atoms with Crippen molar-refractivity contribution in [2.45, 2.75) is 26.1 Å². The Morgan fingerprint density at radius 3 is 2.62 bits per heavy atom. The van der Waals surface area contributed by atoms with Gasteiger partial charge >= 0.3 is 6.36 Å². The molecule has 5 nitrogen and oxygen atoms in total. The summed E-state index contributed by atoms with van der Waals surface area (Å²) in [5, 5.41) is 5.89. The van der Waals surface area contributed by atoms with Crippen LogP contribution in [0, 0.1) is 0 Å². The molecule has 0 fully saturated rings. The van der Waals surface area contributed by atoms with Gasteiger partial charge in [-0.15, -0.1) is 24.5 Å². The molecule has 130 valence electrons. The van der Waals surface area contributed by atoms with Gasteiger partial charge in [-0.1, -0.05) is 6.92 Å². The number of aromatic nitrogens is 1. The quantitative estimate of drug-likeness (QED) is 0.612. The second-order valence-corrected chi connectivity index (χ2v) is 5.74. The molecule has 0 unspecified atom stereocenters. The average Bonchev–Trinajstić information content (AvgIpc) is 2.96. The first-order chi connectivity index (χ1) is 11.4. The van der Waals surface area contributed by atoms with Crippen LogP contribution in [0.3, 0.4) is 0 Å². The highest BCUT2D eigenvalue weighted by molar-refractivity contribution is 7.09. The lowest BCUT2D eigenvalue weighted by molar-refractivity contribution is -0.274. The minimum Gasteiger partial charge on any atom is -0.406 e. The summed E-state index contributed by atoms with van der Waals surface area (Å²) in [5.41, 5.74) is 7.25. The maximum Gasteiger partial charge on any atom is 0.573 e. The zero-order chi connectivity index (χ0) is 17.6. The number of aliphatic imine (C=N–C) groups is 1. The number of alkyl halides is 3. The number of ether oxygens (including phenoxy) is 1. The number of aryl methyl sites for hydroxylation is 1. The molecule has 1 aromatic carbocycles. The Hall–Kier alpha value is -2.29. The van der Waals surface area contributed by atoms with Crippen molar-refractivity contribution in [3.63, 3.8) is 0 Å². The molecule has 0 atom stereocenters. The summed E-state index contributed by atoms with van der Waals surface area (Å²) in [6.07, 6.45) is -3.12. The average molecular weight is 358 g/mol. The first kappa shape index (κ1) is 18.1. The van der Waals surface area contributed by atoms with Gasteiger partial charge in [-0.25, -0.2) is 4.98 Å². The van der Waals surface area contributed by atoms with E-state index >= 15 is 0 Å². The number of hydrogen-bond donors (Lipinski definition) is 2. The van der Waals surface area contributed by atoms with Crippen LogP contribution < -0.4 is 15.8 Å². The van der Waals surface area contributed by atoms with E-state index in [2.05, 4.69) is 20.0 Å². The molecule has 1 heterocycles. The van der Waals surface area contributed by atoms with Crippen molar-refractivity contribution in [1.29, 1.82) is 0 Å². The molecule has 0 amide bonds. The van der Waals surface area contributed by atoms with E-state index in [9.17, 15) is 13.2 Å². The molecule has 0 aliphatic rings. The number of anilines is 1. The fraction of sp³-hybridized carbons (Fsp3) is 0.333. The third kappa shape index (κ3) is 6.07. The Labute approximate surface area is 141 Å². The largest absolute Gasteiger partial charge is 0.573 e. The van der Waals surface area contributed by atoms with Crippen molar-refractivity contribution in [2.24, 2.45) is 10.7 Å². The van der Waals surface area contributed by atoms with Gasteiger partial charge in [-0.3, -0.25) is 4.99 Å². The fourth-order valence-electron chi connectivity index (χ4n) is 1.84. The van der Waals surface area contributed by atoms with E-state index in [1.807, 2.05) is 12.3 Å². The van der Waals surface area contributed by atoms with Gasteiger partial charge in [0.25, 0.3) is 0 Å². The van der Waals surface area contributed by atoms with Gasteiger partial charge < -0.3 is 15.8 Å².